The van der Waals surface area contributed by atoms with Crippen LogP contribution in [0.1, 0.15) is 143 Å². The summed E-state index contributed by atoms with van der Waals surface area (Å²) in [5.74, 6) is 0.396. The molecule has 1 aromatic carbocycles. The fraction of sp³-hybridized carbons (Fsp3) is 0.842. The van der Waals surface area contributed by atoms with Gasteiger partial charge >= 0.3 is 0 Å². The molecule has 0 spiro atoms. The Labute approximate surface area is 314 Å². The maximum atomic E-state index is 12.5. The molecule has 10 nitrogen and oxygen atoms in total. The van der Waals surface area contributed by atoms with Gasteiger partial charge in [-0.3, -0.25) is 12.5 Å². The minimum absolute atomic E-state index is 0.0101. The molecular weight excluding hydrogens is 713 g/mol. The molecule has 0 heterocycles. The lowest BCUT2D eigenvalue weighted by Crippen LogP contribution is -2.50. The highest BCUT2D eigenvalue weighted by Crippen LogP contribution is 2.35. The Kier molecular flexibility index (Phi) is 20.4. The van der Waals surface area contributed by atoms with Gasteiger partial charge in [0.2, 0.25) is 0 Å². The average molecular weight is 787 g/mol. The predicted octanol–water partition coefficient (Wildman–Crippen LogP) is 8.68. The molecule has 51 heavy (non-hydrogen) atoms. The molecular formula is C38H74O10S3. The quantitative estimate of drug-likeness (QED) is 0.150. The van der Waals surface area contributed by atoms with Gasteiger partial charge in [0.1, 0.15) is 5.60 Å². The standard InChI is InChI=1S/C20H34O3S.C10H22O4S.C8H18O3S/c1-13-14(2)16(4)18(17(5)15(13)3)11-12-24(21,22)23-20(9,10)19(6,7)8;1-7-8-15(11,12)14-10(4,5)9(2,3)13-6;1-5-6-12(9,10)11-8(4)7(2)3/h11-12H2,1-10H3;7-8H2,1-6H3;7-8H,5-6H2,1-4H3. The van der Waals surface area contributed by atoms with E-state index in [9.17, 15) is 25.3 Å². The van der Waals surface area contributed by atoms with Crippen LogP contribution in [-0.2, 0) is 54.1 Å². The van der Waals surface area contributed by atoms with E-state index in [4.69, 9.17) is 17.3 Å². The highest BCUT2D eigenvalue weighted by Gasteiger charge is 2.42. The lowest BCUT2D eigenvalue weighted by molar-refractivity contribution is -0.112. The Balaban J connectivity index is 0. The lowest BCUT2D eigenvalue weighted by atomic mass is 9.79. The van der Waals surface area contributed by atoms with Crippen LogP contribution in [-0.4, -0.2) is 72.5 Å². The third-order valence-corrected chi connectivity index (χ3v) is 14.8. The van der Waals surface area contributed by atoms with Crippen LogP contribution in [0.25, 0.3) is 0 Å². The van der Waals surface area contributed by atoms with Gasteiger partial charge in [-0.2, -0.15) is 25.3 Å². The average Bonchev–Trinajstić information content (AvgIpc) is 2.93. The van der Waals surface area contributed by atoms with Crippen LogP contribution in [0.2, 0.25) is 0 Å². The molecule has 0 saturated carbocycles. The molecule has 0 aliphatic heterocycles. The minimum Gasteiger partial charge on any atom is -0.376 e. The van der Waals surface area contributed by atoms with Crippen molar-refractivity contribution < 1.29 is 42.5 Å². The molecule has 0 N–H and O–H groups in total. The summed E-state index contributed by atoms with van der Waals surface area (Å²) in [6.45, 7) is 36.4. The van der Waals surface area contributed by atoms with Crippen LogP contribution < -0.4 is 0 Å². The summed E-state index contributed by atoms with van der Waals surface area (Å²) in [7, 11) is -8.79. The summed E-state index contributed by atoms with van der Waals surface area (Å²) in [4.78, 5) is 0. The SMILES string of the molecule is CCCS(=O)(=O)OC(C)(C)C(C)(C)OC.CCCS(=O)(=O)OC(C)C(C)C.Cc1c(C)c(C)c(CCS(=O)(=O)OC(C)(C)C(C)(C)C)c(C)c1C. The summed E-state index contributed by atoms with van der Waals surface area (Å²) in [5.41, 5.74) is 4.78. The van der Waals surface area contributed by atoms with E-state index in [0.717, 1.165) is 5.56 Å². The molecule has 0 fully saturated rings. The fourth-order valence-electron chi connectivity index (χ4n) is 4.26. The van der Waals surface area contributed by atoms with Gasteiger partial charge in [-0.05, 0) is 147 Å². The first kappa shape index (κ1) is 52.0. The largest absolute Gasteiger partial charge is 0.376 e. The van der Waals surface area contributed by atoms with Gasteiger partial charge in [0.05, 0.1) is 34.6 Å². The molecule has 1 rings (SSSR count). The molecule has 0 aliphatic carbocycles. The molecule has 1 atom stereocenters. The van der Waals surface area contributed by atoms with Crippen LogP contribution in [0.5, 0.6) is 0 Å². The summed E-state index contributed by atoms with van der Waals surface area (Å²) in [6.07, 6.45) is 1.42. The van der Waals surface area contributed by atoms with Crippen LogP contribution in [0.3, 0.4) is 0 Å². The van der Waals surface area contributed by atoms with Crippen molar-refractivity contribution in [3.8, 4) is 0 Å². The Bertz CT molecular complexity index is 1530. The van der Waals surface area contributed by atoms with Crippen molar-refractivity contribution in [2.24, 2.45) is 11.3 Å². The van der Waals surface area contributed by atoms with Gasteiger partial charge in [-0.25, -0.2) is 0 Å². The number of methoxy groups -OCH3 is 1. The summed E-state index contributed by atoms with van der Waals surface area (Å²) < 4.78 is 91.2. The number of hydrogen-bond acceptors (Lipinski definition) is 10. The summed E-state index contributed by atoms with van der Waals surface area (Å²) in [5, 5.41) is 0. The molecule has 1 unspecified atom stereocenters. The summed E-state index contributed by atoms with van der Waals surface area (Å²) in [6, 6.07) is 0. The predicted molar refractivity (Wildman–Crippen MR) is 212 cm³/mol. The van der Waals surface area contributed by atoms with Crippen molar-refractivity contribution >= 4 is 30.4 Å². The first-order chi connectivity index (χ1) is 22.6. The molecule has 0 aliphatic rings. The molecule has 0 amide bonds. The third kappa shape index (κ3) is 17.3. The van der Waals surface area contributed by atoms with E-state index in [1.807, 2.05) is 55.4 Å². The molecule has 304 valence electrons. The van der Waals surface area contributed by atoms with E-state index in [2.05, 4.69) is 34.6 Å². The zero-order valence-corrected chi connectivity index (χ0v) is 38.2. The Morgan fingerprint density at radius 3 is 1.24 bits per heavy atom. The van der Waals surface area contributed by atoms with Crippen molar-refractivity contribution in [2.45, 2.75) is 174 Å². The van der Waals surface area contributed by atoms with Gasteiger partial charge in [0.15, 0.2) is 0 Å². The monoisotopic (exact) mass is 786 g/mol. The Hall–Kier alpha value is -1.09. The Morgan fingerprint density at radius 2 is 0.882 bits per heavy atom. The normalized spacial score (nSPS) is 14.1. The topological polar surface area (TPSA) is 139 Å². The zero-order valence-electron chi connectivity index (χ0n) is 35.7. The van der Waals surface area contributed by atoms with E-state index < -0.39 is 47.2 Å². The van der Waals surface area contributed by atoms with Crippen LogP contribution >= 0.6 is 0 Å². The van der Waals surface area contributed by atoms with Gasteiger partial charge in [0.25, 0.3) is 30.4 Å². The van der Waals surface area contributed by atoms with E-state index in [1.165, 1.54) is 34.9 Å². The van der Waals surface area contributed by atoms with Crippen LogP contribution in [0.15, 0.2) is 0 Å². The number of benzene rings is 1. The highest BCUT2D eigenvalue weighted by molar-refractivity contribution is 7.87. The van der Waals surface area contributed by atoms with E-state index in [-0.39, 0.29) is 34.7 Å². The minimum atomic E-state index is -3.59. The maximum absolute atomic E-state index is 12.5. The molecule has 13 heteroatoms. The smallest absolute Gasteiger partial charge is 0.268 e. The molecule has 0 saturated heterocycles. The van der Waals surface area contributed by atoms with E-state index in [1.54, 1.807) is 41.5 Å². The maximum Gasteiger partial charge on any atom is 0.268 e. The van der Waals surface area contributed by atoms with Crippen molar-refractivity contribution in [3.63, 3.8) is 0 Å². The van der Waals surface area contributed by atoms with Gasteiger partial charge in [-0.1, -0.05) is 48.5 Å². The molecule has 1 aromatic rings. The fourth-order valence-corrected chi connectivity index (χ4v) is 8.38. The van der Waals surface area contributed by atoms with Gasteiger partial charge in [0, 0.05) is 7.11 Å². The second kappa shape index (κ2) is 20.0. The number of rotatable bonds is 16. The first-order valence-electron chi connectivity index (χ1n) is 18.0. The molecule has 0 bridgehead atoms. The van der Waals surface area contributed by atoms with Crippen molar-refractivity contribution in [3.05, 3.63) is 33.4 Å². The van der Waals surface area contributed by atoms with Crippen molar-refractivity contribution in [1.82, 2.24) is 0 Å². The second-order valence-electron chi connectivity index (χ2n) is 16.3. The number of hydrogen-bond donors (Lipinski definition) is 0. The van der Waals surface area contributed by atoms with Crippen molar-refractivity contribution in [1.29, 1.82) is 0 Å². The van der Waals surface area contributed by atoms with Gasteiger partial charge in [-0.15, -0.1) is 0 Å². The molecule has 0 aromatic heterocycles. The van der Waals surface area contributed by atoms with Crippen LogP contribution in [0.4, 0.5) is 0 Å². The van der Waals surface area contributed by atoms with Gasteiger partial charge < -0.3 is 4.74 Å². The second-order valence-corrected chi connectivity index (χ2v) is 21.4. The zero-order chi connectivity index (χ0) is 41.2. The third-order valence-electron chi connectivity index (χ3n) is 10.3. The first-order valence-corrected chi connectivity index (χ1v) is 22.7. The lowest BCUT2D eigenvalue weighted by Gasteiger charge is -2.39. The summed E-state index contributed by atoms with van der Waals surface area (Å²) >= 11 is 0. The number of ether oxygens (including phenoxy) is 1. The van der Waals surface area contributed by atoms with Crippen LogP contribution in [0, 0.1) is 46.0 Å². The Morgan fingerprint density at radius 1 is 0.529 bits per heavy atom. The van der Waals surface area contributed by atoms with Crippen molar-refractivity contribution in [2.75, 3.05) is 24.4 Å². The highest BCUT2D eigenvalue weighted by atomic mass is 32.2. The van der Waals surface area contributed by atoms with E-state index >= 15 is 0 Å². The van der Waals surface area contributed by atoms with E-state index in [0.29, 0.717) is 19.3 Å². The molecule has 0 radical (unpaired) electrons.